The molecule has 0 radical (unpaired) electrons. The number of ether oxygens (including phenoxy) is 1. The molecule has 1 aromatic carbocycles. The molecule has 0 unspecified atom stereocenters. The van der Waals surface area contributed by atoms with Crippen molar-refractivity contribution in [3.05, 3.63) is 58.6 Å². The Morgan fingerprint density at radius 1 is 1.12 bits per heavy atom. The number of carbonyl (C=O) groups excluding carboxylic acids is 1. The summed E-state index contributed by atoms with van der Waals surface area (Å²) in [5, 5.41) is 0. The van der Waals surface area contributed by atoms with E-state index in [1.165, 1.54) is 13.2 Å². The van der Waals surface area contributed by atoms with E-state index in [2.05, 4.69) is 4.74 Å². The second-order valence-corrected chi connectivity index (χ2v) is 3.36. The summed E-state index contributed by atoms with van der Waals surface area (Å²) >= 11 is 0. The van der Waals surface area contributed by atoms with Crippen LogP contribution in [-0.4, -0.2) is 13.1 Å². The van der Waals surface area contributed by atoms with Gasteiger partial charge in [-0.2, -0.15) is 0 Å². The van der Waals surface area contributed by atoms with Crippen LogP contribution in [-0.2, 0) is 4.74 Å². The summed E-state index contributed by atoms with van der Waals surface area (Å²) in [5.74, 6) is -0.765. The van der Waals surface area contributed by atoms with Crippen LogP contribution in [0, 0.1) is 0 Å². The minimum atomic E-state index is -0.665. The lowest BCUT2D eigenvalue weighted by molar-refractivity contribution is 0.0560. The molecule has 0 aliphatic heterocycles. The van der Waals surface area contributed by atoms with Crippen molar-refractivity contribution in [3.63, 3.8) is 0 Å². The molecule has 0 aliphatic rings. The van der Waals surface area contributed by atoms with E-state index in [9.17, 15) is 9.59 Å². The first kappa shape index (κ1) is 11.1. The number of hydrogen-bond donors (Lipinski definition) is 0. The molecule has 1 heterocycles. The van der Waals surface area contributed by atoms with Crippen molar-refractivity contribution in [1.29, 1.82) is 0 Å². The molecule has 0 saturated heterocycles. The molecule has 86 valence electrons. The smallest absolute Gasteiger partial charge is 0.374 e. The highest BCUT2D eigenvalue weighted by molar-refractivity contribution is 5.86. The van der Waals surface area contributed by atoms with Gasteiger partial charge in [0.25, 0.3) is 0 Å². The van der Waals surface area contributed by atoms with Gasteiger partial charge in [0, 0.05) is 0 Å². The standard InChI is InChI=1S/C13H10O4/c1-16-13(15)11-8-7-10(12(14)17-11)9-5-3-2-4-6-9/h2-8H,1H3. The van der Waals surface area contributed by atoms with E-state index in [1.54, 1.807) is 18.2 Å². The molecule has 0 spiro atoms. The van der Waals surface area contributed by atoms with Crippen molar-refractivity contribution in [2.75, 3.05) is 7.11 Å². The van der Waals surface area contributed by atoms with Crippen LogP contribution in [0.15, 0.2) is 51.7 Å². The number of carbonyl (C=O) groups is 1. The number of esters is 1. The zero-order valence-corrected chi connectivity index (χ0v) is 9.17. The van der Waals surface area contributed by atoms with Gasteiger partial charge in [-0.15, -0.1) is 0 Å². The van der Waals surface area contributed by atoms with E-state index in [0.29, 0.717) is 5.56 Å². The molecule has 0 bridgehead atoms. The third-order valence-corrected chi connectivity index (χ3v) is 2.30. The van der Waals surface area contributed by atoms with Gasteiger partial charge in [0.15, 0.2) is 0 Å². The van der Waals surface area contributed by atoms with Crippen LogP contribution in [0.3, 0.4) is 0 Å². The Bertz CT molecular complexity index is 584. The van der Waals surface area contributed by atoms with Gasteiger partial charge in [-0.25, -0.2) is 9.59 Å². The molecule has 0 saturated carbocycles. The molecule has 0 amide bonds. The van der Waals surface area contributed by atoms with Crippen LogP contribution in [0.1, 0.15) is 10.6 Å². The maximum Gasteiger partial charge on any atom is 0.374 e. The van der Waals surface area contributed by atoms with Crippen molar-refractivity contribution in [2.45, 2.75) is 0 Å². The van der Waals surface area contributed by atoms with Crippen LogP contribution in [0.5, 0.6) is 0 Å². The Hall–Kier alpha value is -2.36. The normalized spacial score (nSPS) is 9.94. The number of rotatable bonds is 2. The van der Waals surface area contributed by atoms with Crippen LogP contribution in [0.4, 0.5) is 0 Å². The lowest BCUT2D eigenvalue weighted by atomic mass is 10.1. The lowest BCUT2D eigenvalue weighted by Crippen LogP contribution is -2.09. The molecule has 0 fully saturated rings. The Morgan fingerprint density at radius 2 is 1.82 bits per heavy atom. The predicted octanol–water partition coefficient (Wildman–Crippen LogP) is 2.09. The lowest BCUT2D eigenvalue weighted by Gasteiger charge is -2.01. The summed E-state index contributed by atoms with van der Waals surface area (Å²) in [4.78, 5) is 22.8. The first-order valence-electron chi connectivity index (χ1n) is 5.00. The SMILES string of the molecule is COC(=O)c1ccc(-c2ccccc2)c(=O)o1. The molecule has 4 heteroatoms. The molecule has 4 nitrogen and oxygen atoms in total. The van der Waals surface area contributed by atoms with Crippen LogP contribution < -0.4 is 5.63 Å². The summed E-state index contributed by atoms with van der Waals surface area (Å²) in [5.41, 5.74) is 0.606. The molecule has 17 heavy (non-hydrogen) atoms. The van der Waals surface area contributed by atoms with Gasteiger partial charge in [0.1, 0.15) is 0 Å². The zero-order valence-electron chi connectivity index (χ0n) is 9.17. The number of benzene rings is 1. The van der Waals surface area contributed by atoms with E-state index in [4.69, 9.17) is 4.42 Å². The van der Waals surface area contributed by atoms with E-state index >= 15 is 0 Å². The molecular weight excluding hydrogens is 220 g/mol. The minimum absolute atomic E-state index is 0.0998. The topological polar surface area (TPSA) is 56.5 Å². The van der Waals surface area contributed by atoms with Crippen molar-refractivity contribution in [1.82, 2.24) is 0 Å². The monoisotopic (exact) mass is 230 g/mol. The van der Waals surface area contributed by atoms with Gasteiger partial charge in [0.05, 0.1) is 12.7 Å². The Kier molecular flexibility index (Phi) is 3.05. The molecule has 1 aromatic heterocycles. The zero-order chi connectivity index (χ0) is 12.3. The molecule has 2 aromatic rings. The second-order valence-electron chi connectivity index (χ2n) is 3.36. The summed E-state index contributed by atoms with van der Waals surface area (Å²) in [7, 11) is 1.23. The molecule has 0 aliphatic carbocycles. The van der Waals surface area contributed by atoms with Crippen molar-refractivity contribution < 1.29 is 13.9 Å². The second kappa shape index (κ2) is 4.65. The molecule has 0 atom stereocenters. The third-order valence-electron chi connectivity index (χ3n) is 2.30. The fourth-order valence-corrected chi connectivity index (χ4v) is 1.46. The van der Waals surface area contributed by atoms with Gasteiger partial charge in [0.2, 0.25) is 5.76 Å². The van der Waals surface area contributed by atoms with Crippen LogP contribution in [0.2, 0.25) is 0 Å². The Morgan fingerprint density at radius 3 is 2.41 bits per heavy atom. The number of hydrogen-bond acceptors (Lipinski definition) is 4. The predicted molar refractivity (Wildman–Crippen MR) is 61.8 cm³/mol. The average molecular weight is 230 g/mol. The fourth-order valence-electron chi connectivity index (χ4n) is 1.46. The Balaban J connectivity index is 2.46. The highest BCUT2D eigenvalue weighted by atomic mass is 16.5. The first-order valence-corrected chi connectivity index (χ1v) is 5.00. The van der Waals surface area contributed by atoms with Gasteiger partial charge in [-0.3, -0.25) is 0 Å². The maximum atomic E-state index is 11.7. The maximum absolute atomic E-state index is 11.7. The van der Waals surface area contributed by atoms with Gasteiger partial charge >= 0.3 is 11.6 Å². The summed E-state index contributed by atoms with van der Waals surface area (Å²) in [6.45, 7) is 0. The quantitative estimate of drug-likeness (QED) is 0.741. The summed E-state index contributed by atoms with van der Waals surface area (Å²) in [6.07, 6.45) is 0. The van der Waals surface area contributed by atoms with Crippen LogP contribution >= 0.6 is 0 Å². The highest BCUT2D eigenvalue weighted by Gasteiger charge is 2.11. The molecule has 2 rings (SSSR count). The van der Waals surface area contributed by atoms with E-state index in [-0.39, 0.29) is 5.76 Å². The van der Waals surface area contributed by atoms with Gasteiger partial charge < -0.3 is 9.15 Å². The van der Waals surface area contributed by atoms with Gasteiger partial charge in [-0.05, 0) is 17.7 Å². The Labute approximate surface area is 97.5 Å². The summed E-state index contributed by atoms with van der Waals surface area (Å²) < 4.78 is 9.35. The van der Waals surface area contributed by atoms with Crippen molar-refractivity contribution in [3.8, 4) is 11.1 Å². The average Bonchev–Trinajstić information content (AvgIpc) is 2.38. The van der Waals surface area contributed by atoms with Gasteiger partial charge in [-0.1, -0.05) is 30.3 Å². The van der Waals surface area contributed by atoms with E-state index in [0.717, 1.165) is 5.56 Å². The van der Waals surface area contributed by atoms with Crippen molar-refractivity contribution in [2.24, 2.45) is 0 Å². The third kappa shape index (κ3) is 2.25. The summed E-state index contributed by atoms with van der Waals surface area (Å²) in [6, 6.07) is 12.1. The highest BCUT2D eigenvalue weighted by Crippen LogP contribution is 2.15. The van der Waals surface area contributed by atoms with Crippen LogP contribution in [0.25, 0.3) is 11.1 Å². The minimum Gasteiger partial charge on any atom is -0.463 e. The fraction of sp³-hybridized carbons (Fsp3) is 0.0769. The molecule has 0 N–H and O–H groups in total. The largest absolute Gasteiger partial charge is 0.463 e. The van der Waals surface area contributed by atoms with E-state index < -0.39 is 11.6 Å². The first-order chi connectivity index (χ1) is 8.22. The van der Waals surface area contributed by atoms with Crippen molar-refractivity contribution >= 4 is 5.97 Å². The number of methoxy groups -OCH3 is 1. The van der Waals surface area contributed by atoms with E-state index in [1.807, 2.05) is 18.2 Å². The molecular formula is C13H10O4.